The number of sulfonamides is 1. The molecule has 0 spiro atoms. The van der Waals surface area contributed by atoms with Crippen molar-refractivity contribution in [2.24, 2.45) is 0 Å². The molecule has 7 heteroatoms. The Kier molecular flexibility index (Phi) is 6.17. The molecule has 21 heavy (non-hydrogen) atoms. The lowest BCUT2D eigenvalue weighted by atomic mass is 10.1. The molecule has 1 N–H and O–H groups in total. The molecule has 0 radical (unpaired) electrons. The van der Waals surface area contributed by atoms with Crippen LogP contribution in [0.4, 0.5) is 0 Å². The number of nitrogens with zero attached hydrogens (tertiary/aromatic N) is 2. The molecule has 0 saturated carbocycles. The Balaban J connectivity index is 0.00000220. The van der Waals surface area contributed by atoms with E-state index in [-0.39, 0.29) is 23.3 Å². The van der Waals surface area contributed by atoms with E-state index in [1.54, 1.807) is 26.1 Å². The summed E-state index contributed by atoms with van der Waals surface area (Å²) in [6.45, 7) is 3.41. The van der Waals surface area contributed by atoms with Gasteiger partial charge in [0.15, 0.2) is 0 Å². The van der Waals surface area contributed by atoms with Gasteiger partial charge in [-0.25, -0.2) is 8.42 Å². The minimum Gasteiger partial charge on any atom is -0.317 e. The molecular formula is C14H20ClN3O2S. The minimum atomic E-state index is -3.50. The minimum absolute atomic E-state index is 0. The van der Waals surface area contributed by atoms with E-state index >= 15 is 0 Å². The number of piperidine rings is 1. The first-order valence-electron chi connectivity index (χ1n) is 6.66. The predicted octanol–water partition coefficient (Wildman–Crippen LogP) is 1.66. The number of hydrogen-bond donors (Lipinski definition) is 1. The maximum absolute atomic E-state index is 12.7. The first kappa shape index (κ1) is 17.9. The molecule has 0 amide bonds. The third kappa shape index (κ3) is 3.74. The highest BCUT2D eigenvalue weighted by atomic mass is 35.5. The molecule has 0 atom stereocenters. The summed E-state index contributed by atoms with van der Waals surface area (Å²) in [5, 5.41) is 12.1. The summed E-state index contributed by atoms with van der Waals surface area (Å²) in [6, 6.07) is 6.76. The lowest BCUT2D eigenvalue weighted by Crippen LogP contribution is -2.44. The zero-order chi connectivity index (χ0) is 14.8. The summed E-state index contributed by atoms with van der Waals surface area (Å²) in [7, 11) is -1.86. The smallest absolute Gasteiger partial charge is 0.243 e. The van der Waals surface area contributed by atoms with E-state index in [4.69, 9.17) is 5.26 Å². The standard InChI is InChI=1S/C14H19N3O2S.ClH/c1-11-9-12(10-15)3-4-14(11)20(18,19)17(2)13-5-7-16-8-6-13;/h3-4,9,13,16H,5-8H2,1-2H3;1H. The van der Waals surface area contributed by atoms with Crippen LogP contribution < -0.4 is 5.32 Å². The van der Waals surface area contributed by atoms with Gasteiger partial charge in [-0.2, -0.15) is 9.57 Å². The van der Waals surface area contributed by atoms with E-state index in [9.17, 15) is 8.42 Å². The Hall–Kier alpha value is -1.13. The topological polar surface area (TPSA) is 73.2 Å². The van der Waals surface area contributed by atoms with E-state index < -0.39 is 10.0 Å². The summed E-state index contributed by atoms with van der Waals surface area (Å²) < 4.78 is 26.8. The molecule has 0 bridgehead atoms. The van der Waals surface area contributed by atoms with Crippen LogP contribution in [0.3, 0.4) is 0 Å². The van der Waals surface area contributed by atoms with Gasteiger partial charge in [0.2, 0.25) is 10.0 Å². The second-order valence-corrected chi connectivity index (χ2v) is 7.06. The molecule has 2 rings (SSSR count). The highest BCUT2D eigenvalue weighted by molar-refractivity contribution is 7.89. The second-order valence-electron chi connectivity index (χ2n) is 5.09. The van der Waals surface area contributed by atoms with Gasteiger partial charge in [-0.15, -0.1) is 12.4 Å². The summed E-state index contributed by atoms with van der Waals surface area (Å²) in [5.74, 6) is 0. The van der Waals surface area contributed by atoms with Gasteiger partial charge in [-0.3, -0.25) is 0 Å². The number of rotatable bonds is 3. The molecule has 1 heterocycles. The van der Waals surface area contributed by atoms with Crippen LogP contribution >= 0.6 is 12.4 Å². The quantitative estimate of drug-likeness (QED) is 0.915. The maximum atomic E-state index is 12.7. The normalized spacial score (nSPS) is 16.3. The Morgan fingerprint density at radius 2 is 1.95 bits per heavy atom. The first-order chi connectivity index (χ1) is 9.46. The van der Waals surface area contributed by atoms with Crippen LogP contribution in [0, 0.1) is 18.3 Å². The summed E-state index contributed by atoms with van der Waals surface area (Å²) in [6.07, 6.45) is 1.65. The van der Waals surface area contributed by atoms with Gasteiger partial charge in [0.25, 0.3) is 0 Å². The van der Waals surface area contributed by atoms with E-state index in [0.29, 0.717) is 11.1 Å². The van der Waals surface area contributed by atoms with Crippen molar-refractivity contribution in [3.05, 3.63) is 29.3 Å². The fourth-order valence-corrected chi connectivity index (χ4v) is 4.15. The average molecular weight is 330 g/mol. The molecule has 1 saturated heterocycles. The van der Waals surface area contributed by atoms with Crippen LogP contribution in [0.2, 0.25) is 0 Å². The molecule has 1 aromatic rings. The van der Waals surface area contributed by atoms with E-state index in [0.717, 1.165) is 25.9 Å². The van der Waals surface area contributed by atoms with E-state index in [1.165, 1.54) is 10.4 Å². The van der Waals surface area contributed by atoms with Gasteiger partial charge in [0.1, 0.15) is 0 Å². The fourth-order valence-electron chi connectivity index (χ4n) is 2.53. The Morgan fingerprint density at radius 3 is 2.48 bits per heavy atom. The average Bonchev–Trinajstić information content (AvgIpc) is 2.46. The third-order valence-electron chi connectivity index (χ3n) is 3.78. The molecule has 0 aliphatic carbocycles. The van der Waals surface area contributed by atoms with Gasteiger partial charge >= 0.3 is 0 Å². The zero-order valence-corrected chi connectivity index (χ0v) is 13.8. The number of nitriles is 1. The lowest BCUT2D eigenvalue weighted by molar-refractivity contribution is 0.296. The second kappa shape index (κ2) is 7.23. The molecule has 0 aromatic heterocycles. The first-order valence-corrected chi connectivity index (χ1v) is 8.10. The van der Waals surface area contributed by atoms with Crippen molar-refractivity contribution in [2.45, 2.75) is 30.7 Å². The molecule has 116 valence electrons. The monoisotopic (exact) mass is 329 g/mol. The largest absolute Gasteiger partial charge is 0.317 e. The van der Waals surface area contributed by atoms with Crippen molar-refractivity contribution in [3.63, 3.8) is 0 Å². The predicted molar refractivity (Wildman–Crippen MR) is 84.0 cm³/mol. The highest BCUT2D eigenvalue weighted by Crippen LogP contribution is 2.24. The Morgan fingerprint density at radius 1 is 1.33 bits per heavy atom. The molecular weight excluding hydrogens is 310 g/mol. The summed E-state index contributed by atoms with van der Waals surface area (Å²) >= 11 is 0. The van der Waals surface area contributed by atoms with Crippen molar-refractivity contribution < 1.29 is 8.42 Å². The molecule has 1 aliphatic rings. The van der Waals surface area contributed by atoms with E-state index in [2.05, 4.69) is 5.32 Å². The summed E-state index contributed by atoms with van der Waals surface area (Å²) in [4.78, 5) is 0.289. The summed E-state index contributed by atoms with van der Waals surface area (Å²) in [5.41, 5.74) is 1.09. The van der Waals surface area contributed by atoms with Gasteiger partial charge in [-0.05, 0) is 56.6 Å². The van der Waals surface area contributed by atoms with Crippen LogP contribution in [0.1, 0.15) is 24.0 Å². The SMILES string of the molecule is Cc1cc(C#N)ccc1S(=O)(=O)N(C)C1CCNCC1.Cl. The van der Waals surface area contributed by atoms with Crippen molar-refractivity contribution in [1.29, 1.82) is 5.26 Å². The number of nitrogens with one attached hydrogen (secondary N) is 1. The maximum Gasteiger partial charge on any atom is 0.243 e. The van der Waals surface area contributed by atoms with E-state index in [1.807, 2.05) is 6.07 Å². The number of aryl methyl sites for hydroxylation is 1. The Labute approximate surface area is 132 Å². The van der Waals surface area contributed by atoms with Crippen molar-refractivity contribution in [3.8, 4) is 6.07 Å². The number of benzene rings is 1. The van der Waals surface area contributed by atoms with Gasteiger partial charge in [-0.1, -0.05) is 0 Å². The molecule has 0 unspecified atom stereocenters. The van der Waals surface area contributed by atoms with Crippen LogP contribution in [-0.4, -0.2) is 38.9 Å². The number of halogens is 1. The van der Waals surface area contributed by atoms with Crippen molar-refractivity contribution in [2.75, 3.05) is 20.1 Å². The Bertz CT molecular complexity index is 634. The molecule has 1 fully saturated rings. The molecule has 1 aliphatic heterocycles. The fraction of sp³-hybridized carbons (Fsp3) is 0.500. The van der Waals surface area contributed by atoms with Gasteiger partial charge < -0.3 is 5.32 Å². The number of hydrogen-bond acceptors (Lipinski definition) is 4. The van der Waals surface area contributed by atoms with Gasteiger partial charge in [0.05, 0.1) is 16.5 Å². The highest BCUT2D eigenvalue weighted by Gasteiger charge is 2.29. The van der Waals surface area contributed by atoms with Crippen LogP contribution in [0.15, 0.2) is 23.1 Å². The van der Waals surface area contributed by atoms with Crippen LogP contribution in [-0.2, 0) is 10.0 Å². The van der Waals surface area contributed by atoms with Crippen LogP contribution in [0.5, 0.6) is 0 Å². The molecule has 1 aromatic carbocycles. The van der Waals surface area contributed by atoms with Crippen molar-refractivity contribution >= 4 is 22.4 Å². The van der Waals surface area contributed by atoms with Gasteiger partial charge in [0, 0.05) is 13.1 Å². The zero-order valence-electron chi connectivity index (χ0n) is 12.2. The van der Waals surface area contributed by atoms with Crippen molar-refractivity contribution in [1.82, 2.24) is 9.62 Å². The third-order valence-corrected chi connectivity index (χ3v) is 5.85. The van der Waals surface area contributed by atoms with Crippen LogP contribution in [0.25, 0.3) is 0 Å². The molecule has 5 nitrogen and oxygen atoms in total. The lowest BCUT2D eigenvalue weighted by Gasteiger charge is -2.31.